The van der Waals surface area contributed by atoms with E-state index in [9.17, 15) is 0 Å². The molecule has 4 heteroatoms. The van der Waals surface area contributed by atoms with Gasteiger partial charge in [0, 0.05) is 49.9 Å². The number of hydrogen-bond acceptors (Lipinski definition) is 3. The van der Waals surface area contributed by atoms with Crippen molar-refractivity contribution in [2.75, 3.05) is 0 Å². The number of aromatic nitrogens is 3. The Labute approximate surface area is 325 Å². The van der Waals surface area contributed by atoms with E-state index in [1.807, 2.05) is 6.07 Å². The average Bonchev–Trinajstić information content (AvgIpc) is 3.83. The fraction of sp³-hybridized carbons (Fsp3) is 0.0769. The molecule has 0 fully saturated rings. The van der Waals surface area contributed by atoms with Crippen LogP contribution in [0.15, 0.2) is 198 Å². The predicted octanol–water partition coefficient (Wildman–Crippen LogP) is 13.6. The quantitative estimate of drug-likeness (QED) is 0.172. The summed E-state index contributed by atoms with van der Waals surface area (Å²) in [6.07, 6.45) is 12.2. The van der Waals surface area contributed by atoms with E-state index in [0.29, 0.717) is 0 Å². The number of para-hydroxylation sites is 2. The Kier molecular flexibility index (Phi) is 7.73. The Balaban J connectivity index is 1.25. The van der Waals surface area contributed by atoms with Crippen molar-refractivity contribution >= 4 is 55.0 Å². The van der Waals surface area contributed by atoms with E-state index in [2.05, 4.69) is 181 Å². The fourth-order valence-electron chi connectivity index (χ4n) is 8.84. The van der Waals surface area contributed by atoms with Gasteiger partial charge in [-0.2, -0.15) is 0 Å². The highest BCUT2D eigenvalue weighted by Gasteiger charge is 2.32. The van der Waals surface area contributed by atoms with E-state index in [-0.39, 0.29) is 5.92 Å². The van der Waals surface area contributed by atoms with E-state index in [4.69, 9.17) is 14.4 Å². The predicted molar refractivity (Wildman–Crippen MR) is 231 cm³/mol. The number of benzene rings is 6. The first kappa shape index (κ1) is 32.4. The van der Waals surface area contributed by atoms with Crippen LogP contribution < -0.4 is 0 Å². The lowest BCUT2D eigenvalue weighted by Crippen LogP contribution is -2.17. The van der Waals surface area contributed by atoms with E-state index in [1.165, 1.54) is 44.3 Å². The minimum Gasteiger partial charge on any atom is -0.454 e. The molecule has 3 heterocycles. The van der Waals surface area contributed by atoms with Crippen LogP contribution in [0.5, 0.6) is 0 Å². The van der Waals surface area contributed by atoms with Gasteiger partial charge >= 0.3 is 0 Å². The lowest BCUT2D eigenvalue weighted by Gasteiger charge is -2.32. The molecule has 6 aromatic carbocycles. The molecule has 0 aliphatic heterocycles. The summed E-state index contributed by atoms with van der Waals surface area (Å²) in [7, 11) is 0. The molecule has 1 atom stereocenters. The van der Waals surface area contributed by atoms with Crippen LogP contribution in [0.1, 0.15) is 36.4 Å². The normalized spacial score (nSPS) is 15.9. The second-order valence-electron chi connectivity index (χ2n) is 14.8. The molecule has 11 rings (SSSR count). The molecule has 2 aliphatic rings. The van der Waals surface area contributed by atoms with Crippen LogP contribution in [0.3, 0.4) is 0 Å². The monoisotopic (exact) mass is 719 g/mol. The van der Waals surface area contributed by atoms with E-state index in [1.54, 1.807) is 0 Å². The molecule has 0 radical (unpaired) electrons. The molecule has 0 saturated carbocycles. The summed E-state index contributed by atoms with van der Waals surface area (Å²) in [5.41, 5.74) is 14.1. The molecule has 0 bridgehead atoms. The third-order valence-electron chi connectivity index (χ3n) is 11.4. The number of fused-ring (bicyclic) bond motifs is 7. The van der Waals surface area contributed by atoms with Crippen LogP contribution in [0.25, 0.3) is 77.7 Å². The highest BCUT2D eigenvalue weighted by molar-refractivity contribution is 6.22. The molecular weight excluding hydrogens is 683 g/mol. The van der Waals surface area contributed by atoms with E-state index < -0.39 is 0 Å². The van der Waals surface area contributed by atoms with Crippen LogP contribution in [-0.4, -0.2) is 14.5 Å². The lowest BCUT2D eigenvalue weighted by molar-refractivity contribution is 0.670. The van der Waals surface area contributed by atoms with Gasteiger partial charge in [0.25, 0.3) is 0 Å². The molecule has 2 aliphatic carbocycles. The summed E-state index contributed by atoms with van der Waals surface area (Å²) in [5.74, 6) is 0.721. The topological polar surface area (TPSA) is 43.9 Å². The van der Waals surface area contributed by atoms with Crippen molar-refractivity contribution < 1.29 is 4.42 Å². The van der Waals surface area contributed by atoms with Gasteiger partial charge in [0.2, 0.25) is 0 Å². The maximum absolute atomic E-state index is 6.84. The van der Waals surface area contributed by atoms with Crippen LogP contribution in [0.4, 0.5) is 0 Å². The maximum Gasteiger partial charge on any atom is 0.160 e. The van der Waals surface area contributed by atoms with Crippen molar-refractivity contribution in [3.8, 4) is 22.6 Å². The Hall–Kier alpha value is -7.04. The van der Waals surface area contributed by atoms with Gasteiger partial charge in [-0.1, -0.05) is 152 Å². The molecule has 0 amide bonds. The molecule has 4 nitrogen and oxygen atoms in total. The van der Waals surface area contributed by atoms with Crippen LogP contribution in [0, 0.1) is 0 Å². The summed E-state index contributed by atoms with van der Waals surface area (Å²) in [6.45, 7) is 0. The minimum absolute atomic E-state index is 0.00335. The number of nitrogens with zero attached hydrogens (tertiary/aromatic N) is 3. The first-order valence-electron chi connectivity index (χ1n) is 19.5. The van der Waals surface area contributed by atoms with Gasteiger partial charge in [-0.3, -0.25) is 0 Å². The zero-order chi connectivity index (χ0) is 37.0. The maximum atomic E-state index is 6.84. The first-order chi connectivity index (χ1) is 27.8. The van der Waals surface area contributed by atoms with Gasteiger partial charge in [-0.15, -0.1) is 0 Å². The van der Waals surface area contributed by atoms with Crippen molar-refractivity contribution in [1.29, 1.82) is 0 Å². The lowest BCUT2D eigenvalue weighted by atomic mass is 9.78. The second-order valence-corrected chi connectivity index (χ2v) is 14.8. The number of hydrogen-bond donors (Lipinski definition) is 0. The molecular formula is C52H37N3O. The van der Waals surface area contributed by atoms with Crippen LogP contribution in [-0.2, 0) is 0 Å². The summed E-state index contributed by atoms with van der Waals surface area (Å²) >= 11 is 0. The average molecular weight is 720 g/mol. The molecule has 266 valence electrons. The van der Waals surface area contributed by atoms with E-state index >= 15 is 0 Å². The third kappa shape index (κ3) is 5.37. The largest absolute Gasteiger partial charge is 0.454 e. The van der Waals surface area contributed by atoms with Crippen molar-refractivity contribution in [2.24, 2.45) is 0 Å². The Bertz CT molecular complexity index is 3030. The van der Waals surface area contributed by atoms with Crippen LogP contribution >= 0.6 is 0 Å². The highest BCUT2D eigenvalue weighted by atomic mass is 16.3. The van der Waals surface area contributed by atoms with Gasteiger partial charge < -0.3 is 8.98 Å². The summed E-state index contributed by atoms with van der Waals surface area (Å²) in [4.78, 5) is 10.5. The molecule has 56 heavy (non-hydrogen) atoms. The van der Waals surface area contributed by atoms with Gasteiger partial charge in [0.05, 0.1) is 22.4 Å². The zero-order valence-electron chi connectivity index (χ0n) is 30.8. The van der Waals surface area contributed by atoms with Gasteiger partial charge in [-0.05, 0) is 66.3 Å². The summed E-state index contributed by atoms with van der Waals surface area (Å²) in [5, 5.41) is 4.65. The fourth-order valence-corrected chi connectivity index (χ4v) is 8.84. The smallest absolute Gasteiger partial charge is 0.160 e. The van der Waals surface area contributed by atoms with Crippen LogP contribution in [0.2, 0.25) is 0 Å². The third-order valence-corrected chi connectivity index (χ3v) is 11.4. The number of furan rings is 1. The Morgan fingerprint density at radius 2 is 1.27 bits per heavy atom. The first-order valence-corrected chi connectivity index (χ1v) is 19.5. The Morgan fingerprint density at radius 3 is 2.05 bits per heavy atom. The molecule has 0 N–H and O–H groups in total. The van der Waals surface area contributed by atoms with Gasteiger partial charge in [0.1, 0.15) is 5.58 Å². The molecule has 0 saturated heterocycles. The highest BCUT2D eigenvalue weighted by Crippen LogP contribution is 2.50. The van der Waals surface area contributed by atoms with Crippen molar-refractivity contribution in [1.82, 2.24) is 14.5 Å². The zero-order valence-corrected chi connectivity index (χ0v) is 30.8. The van der Waals surface area contributed by atoms with Crippen molar-refractivity contribution in [3.05, 3.63) is 204 Å². The molecule has 9 aromatic rings. The van der Waals surface area contributed by atoms with Gasteiger partial charge in [-0.25, -0.2) is 9.97 Å². The van der Waals surface area contributed by atoms with Crippen molar-refractivity contribution in [3.63, 3.8) is 0 Å². The van der Waals surface area contributed by atoms with Gasteiger partial charge in [0.15, 0.2) is 11.4 Å². The summed E-state index contributed by atoms with van der Waals surface area (Å²) < 4.78 is 9.38. The van der Waals surface area contributed by atoms with Crippen molar-refractivity contribution in [2.45, 2.75) is 25.2 Å². The second kappa shape index (κ2) is 13.4. The number of rotatable bonds is 6. The molecule has 3 aromatic heterocycles. The molecule has 0 spiro atoms. The van der Waals surface area contributed by atoms with E-state index in [0.717, 1.165) is 75.1 Å². The standard InChI is InChI=1S/C52H37N3O/c1-5-17-34(18-6-1)43-31-38(46-33-45(36-21-9-3-10-22-36)53-52(54-46)37-23-11-4-12-24-37)32-44(35-19-7-2-8-20-35)49(43)55-47-27-15-13-25-39(47)41-29-30-42-40-26-14-16-28-48(40)56-51(42)50(41)55/h1,3-7,9-30,32-33,43H,2,8,31H2. The summed E-state index contributed by atoms with van der Waals surface area (Å²) in [6, 6.07) is 55.7. The number of allylic oxidation sites excluding steroid dienone is 8. The molecule has 1 unspecified atom stereocenters. The minimum atomic E-state index is -0.00335. The SMILES string of the molecule is C1=CC(C2=C(n3c4ccccc4c4ccc5c6ccccc6oc5c43)C(c3ccccc3)CC(c3cc(-c4ccccc4)nc(-c4ccccc4)n3)=C2)=CCC1. The Morgan fingerprint density at radius 1 is 0.589 bits per heavy atom.